The SMILES string of the molecule is COc1cc(-c2nc(C)no2)ccc1OCC(=O)NC(C)C. The minimum Gasteiger partial charge on any atom is -0.493 e. The summed E-state index contributed by atoms with van der Waals surface area (Å²) >= 11 is 0. The van der Waals surface area contributed by atoms with Gasteiger partial charge in [-0.25, -0.2) is 0 Å². The van der Waals surface area contributed by atoms with E-state index in [2.05, 4.69) is 15.5 Å². The van der Waals surface area contributed by atoms with Crippen LogP contribution in [0.1, 0.15) is 19.7 Å². The van der Waals surface area contributed by atoms with Crippen LogP contribution >= 0.6 is 0 Å². The van der Waals surface area contributed by atoms with E-state index in [1.54, 1.807) is 25.1 Å². The third-order valence-corrected chi connectivity index (χ3v) is 2.75. The van der Waals surface area contributed by atoms with Crippen LogP contribution in [0, 0.1) is 6.92 Å². The normalized spacial score (nSPS) is 10.6. The molecule has 7 heteroatoms. The Kier molecular flexibility index (Phi) is 4.98. The van der Waals surface area contributed by atoms with Gasteiger partial charge in [-0.3, -0.25) is 4.79 Å². The number of nitrogens with one attached hydrogen (secondary N) is 1. The molecule has 0 bridgehead atoms. The molecular formula is C15H19N3O4. The molecule has 0 fully saturated rings. The average molecular weight is 305 g/mol. The standard InChI is InChI=1S/C15H19N3O4/c1-9(2)16-14(19)8-21-12-6-5-11(7-13(12)20-4)15-17-10(3)18-22-15/h5-7,9H,8H2,1-4H3,(H,16,19). The fraction of sp³-hybridized carbons (Fsp3) is 0.400. The second kappa shape index (κ2) is 6.93. The minimum atomic E-state index is -0.186. The summed E-state index contributed by atoms with van der Waals surface area (Å²) in [4.78, 5) is 15.8. The Morgan fingerprint density at radius 1 is 1.36 bits per heavy atom. The van der Waals surface area contributed by atoms with Crippen molar-refractivity contribution >= 4 is 5.91 Å². The van der Waals surface area contributed by atoms with E-state index in [0.29, 0.717) is 23.2 Å². The average Bonchev–Trinajstić information content (AvgIpc) is 2.90. The number of hydrogen-bond acceptors (Lipinski definition) is 6. The van der Waals surface area contributed by atoms with Gasteiger partial charge in [-0.1, -0.05) is 5.16 Å². The molecule has 2 aromatic rings. The first kappa shape index (κ1) is 15.8. The molecule has 1 aromatic carbocycles. The monoisotopic (exact) mass is 305 g/mol. The summed E-state index contributed by atoms with van der Waals surface area (Å²) in [7, 11) is 1.53. The number of rotatable bonds is 6. The van der Waals surface area contributed by atoms with E-state index >= 15 is 0 Å². The number of aromatic nitrogens is 2. The quantitative estimate of drug-likeness (QED) is 0.878. The van der Waals surface area contributed by atoms with Crippen molar-refractivity contribution in [3.8, 4) is 23.0 Å². The number of aryl methyl sites for hydroxylation is 1. The molecule has 1 heterocycles. The molecule has 1 amide bonds. The van der Waals surface area contributed by atoms with E-state index in [-0.39, 0.29) is 18.6 Å². The molecule has 0 saturated carbocycles. The van der Waals surface area contributed by atoms with Gasteiger partial charge in [-0.2, -0.15) is 4.98 Å². The highest BCUT2D eigenvalue weighted by Gasteiger charge is 2.13. The Morgan fingerprint density at radius 3 is 2.73 bits per heavy atom. The van der Waals surface area contributed by atoms with E-state index in [0.717, 1.165) is 5.56 Å². The fourth-order valence-corrected chi connectivity index (χ4v) is 1.84. The number of methoxy groups -OCH3 is 1. The lowest BCUT2D eigenvalue weighted by Gasteiger charge is -2.12. The zero-order valence-electron chi connectivity index (χ0n) is 13.0. The molecule has 0 aliphatic carbocycles. The van der Waals surface area contributed by atoms with Crippen LogP contribution in [-0.2, 0) is 4.79 Å². The molecule has 1 aromatic heterocycles. The first-order valence-corrected chi connectivity index (χ1v) is 6.90. The maximum absolute atomic E-state index is 11.6. The third kappa shape index (κ3) is 3.97. The van der Waals surface area contributed by atoms with Crippen LogP contribution < -0.4 is 14.8 Å². The van der Waals surface area contributed by atoms with Gasteiger partial charge in [0.15, 0.2) is 23.9 Å². The molecule has 0 aliphatic rings. The maximum Gasteiger partial charge on any atom is 0.258 e. The Morgan fingerprint density at radius 2 is 2.14 bits per heavy atom. The molecule has 0 spiro atoms. The Bertz CT molecular complexity index is 652. The number of amides is 1. The van der Waals surface area contributed by atoms with Gasteiger partial charge in [-0.15, -0.1) is 0 Å². The van der Waals surface area contributed by atoms with Crippen LogP contribution in [-0.4, -0.2) is 35.8 Å². The molecule has 0 atom stereocenters. The Balaban J connectivity index is 2.11. The van der Waals surface area contributed by atoms with Crippen LogP contribution in [0.4, 0.5) is 0 Å². The summed E-state index contributed by atoms with van der Waals surface area (Å²) in [6.45, 7) is 5.45. The summed E-state index contributed by atoms with van der Waals surface area (Å²) in [5, 5.41) is 6.50. The van der Waals surface area contributed by atoms with E-state index in [1.807, 2.05) is 13.8 Å². The Labute approximate surface area is 128 Å². The Hall–Kier alpha value is -2.57. The summed E-state index contributed by atoms with van der Waals surface area (Å²) in [5.41, 5.74) is 0.719. The highest BCUT2D eigenvalue weighted by molar-refractivity contribution is 5.77. The smallest absolute Gasteiger partial charge is 0.258 e. The van der Waals surface area contributed by atoms with Crippen LogP contribution in [0.25, 0.3) is 11.5 Å². The van der Waals surface area contributed by atoms with Crippen molar-refractivity contribution in [3.05, 3.63) is 24.0 Å². The topological polar surface area (TPSA) is 86.5 Å². The maximum atomic E-state index is 11.6. The van der Waals surface area contributed by atoms with Gasteiger partial charge < -0.3 is 19.3 Å². The third-order valence-electron chi connectivity index (χ3n) is 2.75. The largest absolute Gasteiger partial charge is 0.493 e. The lowest BCUT2D eigenvalue weighted by atomic mass is 10.2. The summed E-state index contributed by atoms with van der Waals surface area (Å²) < 4.78 is 15.9. The molecule has 0 saturated heterocycles. The number of ether oxygens (including phenoxy) is 2. The molecule has 0 radical (unpaired) electrons. The summed E-state index contributed by atoms with van der Waals surface area (Å²) in [6, 6.07) is 5.27. The van der Waals surface area contributed by atoms with Crippen molar-refractivity contribution in [3.63, 3.8) is 0 Å². The molecule has 2 rings (SSSR count). The van der Waals surface area contributed by atoms with E-state index in [1.165, 1.54) is 7.11 Å². The van der Waals surface area contributed by atoms with Gasteiger partial charge in [0.05, 0.1) is 7.11 Å². The zero-order chi connectivity index (χ0) is 16.1. The lowest BCUT2D eigenvalue weighted by molar-refractivity contribution is -0.123. The molecule has 22 heavy (non-hydrogen) atoms. The summed E-state index contributed by atoms with van der Waals surface area (Å²) in [6.07, 6.45) is 0. The highest BCUT2D eigenvalue weighted by atomic mass is 16.5. The van der Waals surface area contributed by atoms with Crippen molar-refractivity contribution in [1.82, 2.24) is 15.5 Å². The molecular weight excluding hydrogens is 286 g/mol. The van der Waals surface area contributed by atoms with Crippen molar-refractivity contribution in [2.45, 2.75) is 26.8 Å². The zero-order valence-corrected chi connectivity index (χ0v) is 13.0. The van der Waals surface area contributed by atoms with Crippen LogP contribution in [0.5, 0.6) is 11.5 Å². The van der Waals surface area contributed by atoms with Crippen molar-refractivity contribution < 1.29 is 18.8 Å². The number of benzene rings is 1. The van der Waals surface area contributed by atoms with Crippen molar-refractivity contribution in [1.29, 1.82) is 0 Å². The van der Waals surface area contributed by atoms with Crippen molar-refractivity contribution in [2.75, 3.05) is 13.7 Å². The van der Waals surface area contributed by atoms with Crippen molar-refractivity contribution in [2.24, 2.45) is 0 Å². The van der Waals surface area contributed by atoms with E-state index in [9.17, 15) is 4.79 Å². The van der Waals surface area contributed by atoms with Gasteiger partial charge in [-0.05, 0) is 39.0 Å². The van der Waals surface area contributed by atoms with E-state index in [4.69, 9.17) is 14.0 Å². The first-order chi connectivity index (χ1) is 10.5. The number of carbonyl (C=O) groups is 1. The van der Waals surface area contributed by atoms with Crippen LogP contribution in [0.15, 0.2) is 22.7 Å². The molecule has 118 valence electrons. The highest BCUT2D eigenvalue weighted by Crippen LogP contribution is 2.31. The second-order valence-corrected chi connectivity index (χ2v) is 5.02. The van der Waals surface area contributed by atoms with Gasteiger partial charge >= 0.3 is 0 Å². The summed E-state index contributed by atoms with van der Waals surface area (Å²) in [5.74, 6) is 1.74. The van der Waals surface area contributed by atoms with Gasteiger partial charge in [0.1, 0.15) is 0 Å². The van der Waals surface area contributed by atoms with Gasteiger partial charge in [0.2, 0.25) is 0 Å². The van der Waals surface area contributed by atoms with Crippen LogP contribution in [0.3, 0.4) is 0 Å². The number of carbonyl (C=O) groups excluding carboxylic acids is 1. The number of nitrogens with zero attached hydrogens (tertiary/aromatic N) is 2. The molecule has 0 aliphatic heterocycles. The minimum absolute atomic E-state index is 0.0705. The lowest BCUT2D eigenvalue weighted by Crippen LogP contribution is -2.34. The van der Waals surface area contributed by atoms with Gasteiger partial charge in [0, 0.05) is 11.6 Å². The van der Waals surface area contributed by atoms with Crippen LogP contribution in [0.2, 0.25) is 0 Å². The predicted octanol–water partition coefficient (Wildman–Crippen LogP) is 1.96. The molecule has 7 nitrogen and oxygen atoms in total. The molecule has 1 N–H and O–H groups in total. The number of hydrogen-bond donors (Lipinski definition) is 1. The predicted molar refractivity (Wildman–Crippen MR) is 79.8 cm³/mol. The second-order valence-electron chi connectivity index (χ2n) is 5.02. The van der Waals surface area contributed by atoms with E-state index < -0.39 is 0 Å². The first-order valence-electron chi connectivity index (χ1n) is 6.90. The molecule has 0 unspecified atom stereocenters. The van der Waals surface area contributed by atoms with Gasteiger partial charge in [0.25, 0.3) is 11.8 Å². The fourth-order valence-electron chi connectivity index (χ4n) is 1.84.